The highest BCUT2D eigenvalue weighted by Gasteiger charge is 2.58. The van der Waals surface area contributed by atoms with Gasteiger partial charge >= 0.3 is 0 Å². The van der Waals surface area contributed by atoms with Crippen molar-refractivity contribution in [2.45, 2.75) is 67.2 Å². The number of fused-ring (bicyclic) bond motifs is 1. The van der Waals surface area contributed by atoms with E-state index in [4.69, 9.17) is 9.47 Å². The van der Waals surface area contributed by atoms with E-state index in [0.29, 0.717) is 0 Å². The summed E-state index contributed by atoms with van der Waals surface area (Å²) in [6.45, 7) is -0.987. The Kier molecular flexibility index (Phi) is 5.63. The van der Waals surface area contributed by atoms with E-state index < -0.39 is 80.4 Å². The Labute approximate surface area is 143 Å². The smallest absolute Gasteiger partial charge is 0.187 e. The van der Waals surface area contributed by atoms with Gasteiger partial charge in [-0.3, -0.25) is 4.90 Å². The summed E-state index contributed by atoms with van der Waals surface area (Å²) in [4.78, 5) is 1.52. The van der Waals surface area contributed by atoms with Crippen molar-refractivity contribution in [3.8, 4) is 0 Å². The largest absolute Gasteiger partial charge is 0.395 e. The van der Waals surface area contributed by atoms with Crippen LogP contribution in [0.2, 0.25) is 0 Å². The molecule has 0 aromatic carbocycles. The van der Waals surface area contributed by atoms with E-state index in [1.165, 1.54) is 4.90 Å². The first-order valence-electron chi connectivity index (χ1n) is 8.18. The molecule has 3 heterocycles. The summed E-state index contributed by atoms with van der Waals surface area (Å²) < 4.78 is 10.8. The molecule has 2 unspecified atom stereocenters. The summed E-state index contributed by atoms with van der Waals surface area (Å²) >= 11 is 0. The van der Waals surface area contributed by atoms with Gasteiger partial charge in [0, 0.05) is 6.54 Å². The fraction of sp³-hybridized carbons (Fsp3) is 1.00. The Morgan fingerprint density at radius 2 is 1.48 bits per heavy atom. The average Bonchev–Trinajstić information content (AvgIpc) is 3.03. The highest BCUT2D eigenvalue weighted by atomic mass is 16.7. The molecule has 25 heavy (non-hydrogen) atoms. The van der Waals surface area contributed by atoms with Crippen molar-refractivity contribution in [3.05, 3.63) is 0 Å². The maximum Gasteiger partial charge on any atom is 0.187 e. The molecule has 11 atom stereocenters. The molecule has 3 saturated heterocycles. The van der Waals surface area contributed by atoms with Gasteiger partial charge in [0.05, 0.1) is 43.6 Å². The summed E-state index contributed by atoms with van der Waals surface area (Å²) in [6, 6.07) is -1.62. The van der Waals surface area contributed by atoms with Crippen LogP contribution in [0.1, 0.15) is 0 Å². The number of hydrogen-bond donors (Lipinski definition) is 8. The molecular weight excluding hydrogens is 342 g/mol. The predicted molar refractivity (Wildman–Crippen MR) is 78.0 cm³/mol. The number of ether oxygens (including phenoxy) is 2. The van der Waals surface area contributed by atoms with Gasteiger partial charge < -0.3 is 50.3 Å². The lowest BCUT2D eigenvalue weighted by Gasteiger charge is -2.40. The van der Waals surface area contributed by atoms with Gasteiger partial charge in [0.1, 0.15) is 30.5 Å². The molecule has 11 heteroatoms. The lowest BCUT2D eigenvalue weighted by Crippen LogP contribution is -2.60. The van der Waals surface area contributed by atoms with Crippen molar-refractivity contribution in [1.82, 2.24) is 4.90 Å². The maximum atomic E-state index is 10.4. The van der Waals surface area contributed by atoms with Gasteiger partial charge in [0.25, 0.3) is 0 Å². The first-order valence-corrected chi connectivity index (χ1v) is 8.18. The quantitative estimate of drug-likeness (QED) is 0.237. The summed E-state index contributed by atoms with van der Waals surface area (Å²) in [6.07, 6.45) is -12.0. The van der Waals surface area contributed by atoms with Crippen molar-refractivity contribution in [2.24, 2.45) is 0 Å². The molecule has 0 amide bonds. The average molecular weight is 367 g/mol. The van der Waals surface area contributed by atoms with Gasteiger partial charge in [-0.1, -0.05) is 0 Å². The van der Waals surface area contributed by atoms with E-state index in [1.54, 1.807) is 0 Å². The zero-order valence-corrected chi connectivity index (χ0v) is 13.3. The Hall–Kier alpha value is -0.440. The number of hydrogen-bond acceptors (Lipinski definition) is 11. The second-order valence-electron chi connectivity index (χ2n) is 6.78. The van der Waals surface area contributed by atoms with Crippen LogP contribution < -0.4 is 0 Å². The van der Waals surface area contributed by atoms with Gasteiger partial charge in [-0.15, -0.1) is 0 Å². The van der Waals surface area contributed by atoms with Crippen LogP contribution >= 0.6 is 0 Å². The van der Waals surface area contributed by atoms with Crippen LogP contribution in [0.15, 0.2) is 0 Å². The topological polar surface area (TPSA) is 184 Å². The molecule has 3 fully saturated rings. The minimum Gasteiger partial charge on any atom is -0.395 e. The SMILES string of the molecule is OCC1O[C@H](O[C@H]2CN3[C@@H]([C@@H](O)[C@H](O)[C@@H]3CO)[C@@H]2O)[C@@H](O)C(O)[C@@H]1O. The normalized spacial score (nSPS) is 54.0. The van der Waals surface area contributed by atoms with E-state index in [1.807, 2.05) is 0 Å². The monoisotopic (exact) mass is 367 g/mol. The summed E-state index contributed by atoms with van der Waals surface area (Å²) in [7, 11) is 0. The van der Waals surface area contributed by atoms with E-state index in [-0.39, 0.29) is 6.54 Å². The van der Waals surface area contributed by atoms with Crippen LogP contribution in [0.3, 0.4) is 0 Å². The Bertz CT molecular complexity index is 467. The van der Waals surface area contributed by atoms with E-state index in [0.717, 1.165) is 0 Å². The third-order valence-electron chi connectivity index (χ3n) is 5.37. The third-order valence-corrected chi connectivity index (χ3v) is 5.37. The minimum atomic E-state index is -1.61. The van der Waals surface area contributed by atoms with E-state index >= 15 is 0 Å². The molecule has 0 spiro atoms. The van der Waals surface area contributed by atoms with Crippen molar-refractivity contribution in [2.75, 3.05) is 19.8 Å². The first kappa shape index (κ1) is 19.3. The lowest BCUT2D eigenvalue weighted by atomic mass is 9.99. The third kappa shape index (κ3) is 3.09. The molecule has 0 aliphatic carbocycles. The Morgan fingerprint density at radius 3 is 2.08 bits per heavy atom. The summed E-state index contributed by atoms with van der Waals surface area (Å²) in [5, 5.41) is 78.5. The standard InChI is InChI=1S/C14H25NO10/c16-2-4-8(18)11(21)7-9(19)5(1-15(4)7)24-14-13(23)12(22)10(20)6(3-17)25-14/h4-14,16-23H,1-3H2/t4-,5-,6?,7+,8+,9+,10+,11+,12?,13-,14-/m0/s1. The number of aliphatic hydroxyl groups excluding tert-OH is 8. The van der Waals surface area contributed by atoms with Gasteiger partial charge in [0.2, 0.25) is 0 Å². The van der Waals surface area contributed by atoms with E-state index in [9.17, 15) is 40.9 Å². The van der Waals surface area contributed by atoms with Crippen molar-refractivity contribution in [1.29, 1.82) is 0 Å². The fourth-order valence-corrected chi connectivity index (χ4v) is 3.92. The molecule has 3 rings (SSSR count). The molecular formula is C14H25NO10. The van der Waals surface area contributed by atoms with Crippen LogP contribution in [0.4, 0.5) is 0 Å². The minimum absolute atomic E-state index is 0.0419. The molecule has 3 aliphatic heterocycles. The Balaban J connectivity index is 1.70. The zero-order valence-electron chi connectivity index (χ0n) is 13.3. The molecule has 0 radical (unpaired) electrons. The molecule has 0 saturated carbocycles. The van der Waals surface area contributed by atoms with Gasteiger partial charge in [-0.25, -0.2) is 0 Å². The van der Waals surface area contributed by atoms with E-state index in [2.05, 4.69) is 0 Å². The molecule has 0 bridgehead atoms. The second-order valence-corrected chi connectivity index (χ2v) is 6.78. The van der Waals surface area contributed by atoms with Crippen molar-refractivity contribution in [3.63, 3.8) is 0 Å². The number of rotatable bonds is 4. The highest BCUT2D eigenvalue weighted by molar-refractivity contribution is 5.10. The molecule has 11 nitrogen and oxygen atoms in total. The fourth-order valence-electron chi connectivity index (χ4n) is 3.92. The van der Waals surface area contributed by atoms with Gasteiger partial charge in [0.15, 0.2) is 6.29 Å². The lowest BCUT2D eigenvalue weighted by molar-refractivity contribution is -0.314. The number of nitrogens with zero attached hydrogens (tertiary/aromatic N) is 1. The van der Waals surface area contributed by atoms with Crippen LogP contribution in [-0.4, -0.2) is 133 Å². The predicted octanol–water partition coefficient (Wildman–Crippen LogP) is -5.69. The highest BCUT2D eigenvalue weighted by Crippen LogP contribution is 2.36. The summed E-state index contributed by atoms with van der Waals surface area (Å²) in [5.74, 6) is 0. The van der Waals surface area contributed by atoms with Gasteiger partial charge in [-0.2, -0.15) is 0 Å². The van der Waals surface area contributed by atoms with Crippen LogP contribution in [0.25, 0.3) is 0 Å². The zero-order chi connectivity index (χ0) is 18.5. The van der Waals surface area contributed by atoms with Crippen LogP contribution in [-0.2, 0) is 9.47 Å². The molecule has 0 aromatic heterocycles. The van der Waals surface area contributed by atoms with Crippen LogP contribution in [0, 0.1) is 0 Å². The second kappa shape index (κ2) is 7.29. The first-order chi connectivity index (χ1) is 11.8. The molecule has 3 aliphatic rings. The molecule has 8 N–H and O–H groups in total. The van der Waals surface area contributed by atoms with Crippen molar-refractivity contribution >= 4 is 0 Å². The number of aliphatic hydroxyl groups is 8. The van der Waals surface area contributed by atoms with Gasteiger partial charge in [-0.05, 0) is 0 Å². The van der Waals surface area contributed by atoms with Crippen LogP contribution in [0.5, 0.6) is 0 Å². The Morgan fingerprint density at radius 1 is 0.800 bits per heavy atom. The van der Waals surface area contributed by atoms with Crippen molar-refractivity contribution < 1.29 is 50.3 Å². The maximum absolute atomic E-state index is 10.4. The summed E-state index contributed by atoms with van der Waals surface area (Å²) in [5.41, 5.74) is 0. The molecule has 146 valence electrons. The molecule has 0 aromatic rings.